The molecule has 2 bridgehead atoms. The Labute approximate surface area is 154 Å². The summed E-state index contributed by atoms with van der Waals surface area (Å²) in [4.78, 5) is 29.7. The number of carboxylic acids is 1. The molecule has 2 aromatic rings. The number of nitrogens with zero attached hydrogens (tertiary/aromatic N) is 3. The summed E-state index contributed by atoms with van der Waals surface area (Å²) in [7, 11) is 0. The van der Waals surface area contributed by atoms with Gasteiger partial charge in [-0.1, -0.05) is 30.3 Å². The van der Waals surface area contributed by atoms with Gasteiger partial charge in [0.05, 0.1) is 0 Å². The van der Waals surface area contributed by atoms with E-state index in [1.807, 2.05) is 6.07 Å². The lowest BCUT2D eigenvalue weighted by Crippen LogP contribution is -2.46. The van der Waals surface area contributed by atoms with Crippen molar-refractivity contribution in [3.05, 3.63) is 46.7 Å². The van der Waals surface area contributed by atoms with E-state index in [9.17, 15) is 9.59 Å². The topological polar surface area (TPSA) is 92.6 Å². The lowest BCUT2D eigenvalue weighted by Gasteiger charge is -2.43. The molecule has 3 aliphatic rings. The van der Waals surface area contributed by atoms with Crippen molar-refractivity contribution in [1.82, 2.24) is 14.3 Å². The molecule has 5 rings (SSSR count). The summed E-state index contributed by atoms with van der Waals surface area (Å²) in [6.07, 6.45) is 1.44. The molecule has 0 aliphatic carbocycles. The Morgan fingerprint density at radius 2 is 1.96 bits per heavy atom. The van der Waals surface area contributed by atoms with Gasteiger partial charge in [-0.15, -0.1) is 0 Å². The summed E-state index contributed by atoms with van der Waals surface area (Å²) in [5.41, 5.74) is 0.653. The summed E-state index contributed by atoms with van der Waals surface area (Å²) in [5.74, 6) is -1.60. The fourth-order valence-corrected chi connectivity index (χ4v) is 4.66. The predicted octanol–water partition coefficient (Wildman–Crippen LogP) is 2.06. The number of aliphatic carboxylic acids is 1. The minimum Gasteiger partial charge on any atom is -0.473 e. The zero-order chi connectivity index (χ0) is 18.1. The number of fused-ring (bicyclic) bond motifs is 3. The number of carbonyl (C=O) groups is 2. The van der Waals surface area contributed by atoms with Crippen LogP contribution in [0.15, 0.2) is 30.3 Å². The molecular formula is C18H19N3O4S. The summed E-state index contributed by atoms with van der Waals surface area (Å²) in [5, 5.41) is 9.83. The summed E-state index contributed by atoms with van der Waals surface area (Å²) >= 11 is 1.33. The fraction of sp³-hybridized carbons (Fsp3) is 0.444. The highest BCUT2D eigenvalue weighted by atomic mass is 32.1. The second-order valence-electron chi connectivity index (χ2n) is 6.74. The molecule has 1 aromatic heterocycles. The van der Waals surface area contributed by atoms with Crippen molar-refractivity contribution in [2.24, 2.45) is 5.92 Å². The zero-order valence-corrected chi connectivity index (χ0v) is 14.9. The first-order chi connectivity index (χ1) is 12.6. The van der Waals surface area contributed by atoms with Gasteiger partial charge in [-0.25, -0.2) is 14.6 Å². The van der Waals surface area contributed by atoms with Crippen LogP contribution >= 0.6 is 11.5 Å². The average Bonchev–Trinajstić information content (AvgIpc) is 3.17. The molecule has 136 valence electrons. The van der Waals surface area contributed by atoms with E-state index in [2.05, 4.69) is 14.3 Å². The van der Waals surface area contributed by atoms with E-state index in [4.69, 9.17) is 9.84 Å². The molecule has 2 atom stereocenters. The minimum absolute atomic E-state index is 0.349. The van der Waals surface area contributed by atoms with Crippen LogP contribution in [-0.2, 0) is 14.3 Å². The molecule has 0 amide bonds. The number of aromatic nitrogens is 2. The quantitative estimate of drug-likeness (QED) is 0.648. The van der Waals surface area contributed by atoms with Gasteiger partial charge in [-0.3, -0.25) is 0 Å². The van der Waals surface area contributed by atoms with Crippen molar-refractivity contribution in [2.75, 3.05) is 19.6 Å². The average molecular weight is 373 g/mol. The molecule has 7 nitrogen and oxygen atoms in total. The molecule has 3 fully saturated rings. The first-order valence-corrected chi connectivity index (χ1v) is 9.44. The molecule has 26 heavy (non-hydrogen) atoms. The number of ether oxygens (including phenoxy) is 1. The minimum atomic E-state index is -1.63. The molecule has 0 saturated carbocycles. The van der Waals surface area contributed by atoms with Gasteiger partial charge in [0.1, 0.15) is 5.01 Å². The summed E-state index contributed by atoms with van der Waals surface area (Å²) < 4.78 is 9.59. The molecule has 0 radical (unpaired) electrons. The third-order valence-corrected chi connectivity index (χ3v) is 6.03. The molecule has 8 heteroatoms. The molecule has 3 saturated heterocycles. The number of benzene rings is 1. The third kappa shape index (κ3) is 3.34. The SMILES string of the molecule is O=C(O)C(=O)OC(c1ccccc1)c1nsc(C2CN3CCC2CC3)n1. The highest BCUT2D eigenvalue weighted by molar-refractivity contribution is 7.05. The Morgan fingerprint density at radius 1 is 1.23 bits per heavy atom. The van der Waals surface area contributed by atoms with E-state index in [1.54, 1.807) is 24.3 Å². The van der Waals surface area contributed by atoms with Gasteiger partial charge < -0.3 is 14.7 Å². The maximum Gasteiger partial charge on any atom is 0.418 e. The highest BCUT2D eigenvalue weighted by Crippen LogP contribution is 2.40. The first kappa shape index (κ1) is 17.1. The molecule has 2 unspecified atom stereocenters. The third-order valence-electron chi connectivity index (χ3n) is 5.17. The fourth-order valence-electron chi connectivity index (χ4n) is 3.80. The normalized spacial score (nSPS) is 25.6. The van der Waals surface area contributed by atoms with Crippen molar-refractivity contribution in [3.8, 4) is 0 Å². The highest BCUT2D eigenvalue weighted by Gasteiger charge is 2.37. The zero-order valence-electron chi connectivity index (χ0n) is 14.1. The smallest absolute Gasteiger partial charge is 0.418 e. The summed E-state index contributed by atoms with van der Waals surface area (Å²) in [6.45, 7) is 3.29. The van der Waals surface area contributed by atoms with Crippen molar-refractivity contribution < 1.29 is 19.4 Å². The maximum absolute atomic E-state index is 11.6. The molecule has 1 N–H and O–H groups in total. The van der Waals surface area contributed by atoms with Gasteiger partial charge in [0.15, 0.2) is 11.9 Å². The van der Waals surface area contributed by atoms with Crippen LogP contribution in [0.3, 0.4) is 0 Å². The standard InChI is InChI=1S/C18H19N3O4S/c22-17(23)18(24)25-14(12-4-2-1-3-5-12)15-19-16(26-20-15)13-10-21-8-6-11(13)7-9-21/h1-5,11,13-14H,6-10H2,(H,22,23). The van der Waals surface area contributed by atoms with E-state index in [0.717, 1.165) is 24.6 Å². The van der Waals surface area contributed by atoms with Crippen molar-refractivity contribution in [2.45, 2.75) is 24.9 Å². The van der Waals surface area contributed by atoms with E-state index >= 15 is 0 Å². The van der Waals surface area contributed by atoms with Crippen LogP contribution in [0.1, 0.15) is 41.3 Å². The van der Waals surface area contributed by atoms with Gasteiger partial charge in [0.25, 0.3) is 0 Å². The number of hydrogen-bond donors (Lipinski definition) is 1. The largest absolute Gasteiger partial charge is 0.473 e. The Hall–Kier alpha value is -2.32. The van der Waals surface area contributed by atoms with Crippen molar-refractivity contribution in [1.29, 1.82) is 0 Å². The van der Waals surface area contributed by atoms with Crippen LogP contribution in [0.4, 0.5) is 0 Å². The van der Waals surface area contributed by atoms with Gasteiger partial charge in [0, 0.05) is 18.0 Å². The van der Waals surface area contributed by atoms with Crippen LogP contribution in [0.2, 0.25) is 0 Å². The molecule has 3 aliphatic heterocycles. The number of esters is 1. The second-order valence-corrected chi connectivity index (χ2v) is 7.52. The number of hydrogen-bond acceptors (Lipinski definition) is 7. The Kier molecular flexibility index (Phi) is 4.69. The van der Waals surface area contributed by atoms with E-state index in [0.29, 0.717) is 23.2 Å². The van der Waals surface area contributed by atoms with E-state index in [1.165, 1.54) is 24.4 Å². The Morgan fingerprint density at radius 3 is 2.58 bits per heavy atom. The summed E-state index contributed by atoms with van der Waals surface area (Å²) in [6, 6.07) is 8.99. The molecule has 1 aromatic carbocycles. The number of rotatable bonds is 4. The number of piperidine rings is 3. The molecule has 4 heterocycles. The van der Waals surface area contributed by atoms with Gasteiger partial charge >= 0.3 is 11.9 Å². The molecular weight excluding hydrogens is 354 g/mol. The van der Waals surface area contributed by atoms with Crippen LogP contribution in [-0.4, -0.2) is 50.9 Å². The van der Waals surface area contributed by atoms with Crippen LogP contribution in [0, 0.1) is 5.92 Å². The first-order valence-electron chi connectivity index (χ1n) is 8.66. The number of carboxylic acid groups (broad SMARTS) is 1. The van der Waals surface area contributed by atoms with E-state index in [-0.39, 0.29) is 0 Å². The second kappa shape index (κ2) is 7.13. The van der Waals surface area contributed by atoms with Gasteiger partial charge in [-0.05, 0) is 43.4 Å². The Balaban J connectivity index is 1.61. The lowest BCUT2D eigenvalue weighted by atomic mass is 9.79. The monoisotopic (exact) mass is 373 g/mol. The Bertz CT molecular complexity index is 802. The van der Waals surface area contributed by atoms with Crippen molar-refractivity contribution >= 4 is 23.5 Å². The number of carbonyl (C=O) groups excluding carboxylic acids is 1. The van der Waals surface area contributed by atoms with Gasteiger partial charge in [0.2, 0.25) is 0 Å². The maximum atomic E-state index is 11.6. The predicted molar refractivity (Wildman–Crippen MR) is 93.8 cm³/mol. The van der Waals surface area contributed by atoms with Crippen LogP contribution in [0.25, 0.3) is 0 Å². The van der Waals surface area contributed by atoms with Crippen LogP contribution < -0.4 is 0 Å². The van der Waals surface area contributed by atoms with E-state index < -0.39 is 18.0 Å². The molecule has 0 spiro atoms. The van der Waals surface area contributed by atoms with Crippen LogP contribution in [0.5, 0.6) is 0 Å². The van der Waals surface area contributed by atoms with Crippen molar-refractivity contribution in [3.63, 3.8) is 0 Å². The van der Waals surface area contributed by atoms with Gasteiger partial charge in [-0.2, -0.15) is 4.37 Å². The lowest BCUT2D eigenvalue weighted by molar-refractivity contribution is -0.166.